The number of carbonyl (C=O) groups is 1. The number of halogens is 3. The SMILES string of the molecule is CC1=NN(c2ccccc2)C(=O)[C@]12Cc1cc(C(F)(F)F)ccc1N1CC[C@@H](Cc3ccccc3)C[C@H]12. The van der Waals surface area contributed by atoms with Crippen LogP contribution >= 0.6 is 0 Å². The van der Waals surface area contributed by atoms with Gasteiger partial charge in [-0.2, -0.15) is 23.3 Å². The van der Waals surface area contributed by atoms with E-state index in [2.05, 4.69) is 17.0 Å². The second-order valence-electron chi connectivity index (χ2n) is 10.4. The number of amides is 1. The number of carbonyl (C=O) groups excluding carboxylic acids is 1. The molecule has 37 heavy (non-hydrogen) atoms. The molecule has 4 nitrogen and oxygen atoms in total. The average Bonchev–Trinajstić information content (AvgIpc) is 3.14. The smallest absolute Gasteiger partial charge is 0.367 e. The lowest BCUT2D eigenvalue weighted by atomic mass is 9.63. The lowest BCUT2D eigenvalue weighted by molar-refractivity contribution is -0.137. The van der Waals surface area contributed by atoms with Crippen molar-refractivity contribution in [1.82, 2.24) is 0 Å². The number of anilines is 2. The Morgan fingerprint density at radius 1 is 1.00 bits per heavy atom. The quantitative estimate of drug-likeness (QED) is 0.409. The molecule has 0 aromatic heterocycles. The molecule has 0 aliphatic carbocycles. The molecule has 0 radical (unpaired) electrons. The molecular formula is C30H28F3N3O. The topological polar surface area (TPSA) is 35.9 Å². The second-order valence-corrected chi connectivity index (χ2v) is 10.4. The number of nitrogens with zero attached hydrogens (tertiary/aromatic N) is 3. The number of fused-ring (bicyclic) bond motifs is 4. The van der Waals surface area contributed by atoms with Gasteiger partial charge in [0, 0.05) is 18.3 Å². The van der Waals surface area contributed by atoms with Gasteiger partial charge in [0.1, 0.15) is 5.41 Å². The molecule has 3 aliphatic heterocycles. The zero-order valence-electron chi connectivity index (χ0n) is 20.6. The zero-order valence-corrected chi connectivity index (χ0v) is 20.6. The van der Waals surface area contributed by atoms with Crippen LogP contribution in [0.1, 0.15) is 36.5 Å². The predicted octanol–water partition coefficient (Wildman–Crippen LogP) is 6.50. The van der Waals surface area contributed by atoms with E-state index in [9.17, 15) is 18.0 Å². The molecule has 6 rings (SSSR count). The fourth-order valence-corrected chi connectivity index (χ4v) is 6.49. The first-order valence-corrected chi connectivity index (χ1v) is 12.7. The molecule has 0 bridgehead atoms. The molecule has 3 aliphatic rings. The van der Waals surface area contributed by atoms with Crippen molar-refractivity contribution < 1.29 is 18.0 Å². The molecule has 1 saturated heterocycles. The lowest BCUT2D eigenvalue weighted by Crippen LogP contribution is -2.62. The summed E-state index contributed by atoms with van der Waals surface area (Å²) in [5.74, 6) is 0.206. The van der Waals surface area contributed by atoms with E-state index in [0.29, 0.717) is 29.4 Å². The third-order valence-electron chi connectivity index (χ3n) is 8.30. The van der Waals surface area contributed by atoms with Crippen LogP contribution in [0.4, 0.5) is 24.5 Å². The Morgan fingerprint density at radius 3 is 2.41 bits per heavy atom. The third kappa shape index (κ3) is 3.92. The molecule has 3 aromatic carbocycles. The highest BCUT2D eigenvalue weighted by Gasteiger charge is 2.60. The Hall–Kier alpha value is -3.61. The number of hydrogen-bond donors (Lipinski definition) is 0. The molecule has 1 fully saturated rings. The summed E-state index contributed by atoms with van der Waals surface area (Å²) in [5.41, 5.74) is 2.27. The van der Waals surface area contributed by atoms with E-state index in [1.54, 1.807) is 6.07 Å². The van der Waals surface area contributed by atoms with Gasteiger partial charge in [-0.1, -0.05) is 48.5 Å². The first kappa shape index (κ1) is 23.8. The van der Waals surface area contributed by atoms with Gasteiger partial charge in [0.05, 0.1) is 17.0 Å². The molecule has 0 unspecified atom stereocenters. The summed E-state index contributed by atoms with van der Waals surface area (Å²) in [7, 11) is 0. The molecule has 190 valence electrons. The third-order valence-corrected chi connectivity index (χ3v) is 8.30. The minimum Gasteiger partial charge on any atom is -0.367 e. The summed E-state index contributed by atoms with van der Waals surface area (Å²) in [6.45, 7) is 2.55. The number of hydrogen-bond acceptors (Lipinski definition) is 3. The van der Waals surface area contributed by atoms with Crippen LogP contribution in [0.2, 0.25) is 0 Å². The number of piperidine rings is 1. The summed E-state index contributed by atoms with van der Waals surface area (Å²) < 4.78 is 40.9. The van der Waals surface area contributed by atoms with Gasteiger partial charge < -0.3 is 4.90 Å². The van der Waals surface area contributed by atoms with Crippen molar-refractivity contribution in [3.8, 4) is 0 Å². The summed E-state index contributed by atoms with van der Waals surface area (Å²) in [4.78, 5) is 16.5. The molecule has 3 heterocycles. The Kier molecular flexibility index (Phi) is 5.62. The van der Waals surface area contributed by atoms with Crippen LogP contribution < -0.4 is 9.91 Å². The number of benzene rings is 3. The average molecular weight is 504 g/mol. The van der Waals surface area contributed by atoms with E-state index in [-0.39, 0.29) is 18.4 Å². The van der Waals surface area contributed by atoms with Crippen LogP contribution in [0.3, 0.4) is 0 Å². The van der Waals surface area contributed by atoms with Gasteiger partial charge in [0.2, 0.25) is 0 Å². The van der Waals surface area contributed by atoms with E-state index in [0.717, 1.165) is 31.0 Å². The van der Waals surface area contributed by atoms with Crippen LogP contribution in [-0.4, -0.2) is 24.2 Å². The standard InChI is InChI=1S/C30H28F3N3O/c1-20-29(28(37)36(34-20)25-10-6-3-7-11-25)19-23-18-24(30(31,32)33)12-13-26(23)35-15-14-22(17-27(29)35)16-21-8-4-2-5-9-21/h2-13,18,22,27H,14-17,19H2,1H3/t22-,27-,29+/m0/s1. The monoisotopic (exact) mass is 503 g/mol. The van der Waals surface area contributed by atoms with Crippen LogP contribution in [-0.2, 0) is 23.8 Å². The van der Waals surface area contributed by atoms with Gasteiger partial charge in [-0.05, 0) is 80.0 Å². The maximum Gasteiger partial charge on any atom is 0.416 e. The predicted molar refractivity (Wildman–Crippen MR) is 139 cm³/mol. The summed E-state index contributed by atoms with van der Waals surface area (Å²) in [6.07, 6.45) is -1.64. The van der Waals surface area contributed by atoms with Crippen LogP contribution in [0.15, 0.2) is 84.0 Å². The highest BCUT2D eigenvalue weighted by molar-refractivity contribution is 6.20. The van der Waals surface area contributed by atoms with Gasteiger partial charge in [-0.15, -0.1) is 0 Å². The minimum atomic E-state index is -4.44. The second kappa shape index (κ2) is 8.75. The Bertz CT molecular complexity index is 1360. The van der Waals surface area contributed by atoms with E-state index >= 15 is 0 Å². The van der Waals surface area contributed by atoms with Crippen molar-refractivity contribution in [2.75, 3.05) is 16.5 Å². The Balaban J connectivity index is 1.43. The maximum absolute atomic E-state index is 14.3. The molecule has 1 amide bonds. The number of hydrazone groups is 1. The van der Waals surface area contributed by atoms with Gasteiger partial charge in [-0.25, -0.2) is 0 Å². The molecule has 3 atom stereocenters. The summed E-state index contributed by atoms with van der Waals surface area (Å²) >= 11 is 0. The number of rotatable bonds is 3. The maximum atomic E-state index is 14.3. The number of alkyl halides is 3. The largest absolute Gasteiger partial charge is 0.416 e. The van der Waals surface area contributed by atoms with Crippen LogP contribution in [0.5, 0.6) is 0 Å². The molecule has 1 spiro atoms. The van der Waals surface area contributed by atoms with Crippen LogP contribution in [0.25, 0.3) is 0 Å². The van der Waals surface area contributed by atoms with E-state index in [1.165, 1.54) is 16.6 Å². The highest BCUT2D eigenvalue weighted by Crippen LogP contribution is 2.51. The van der Waals surface area contributed by atoms with Crippen molar-refractivity contribution in [2.24, 2.45) is 16.4 Å². The summed E-state index contributed by atoms with van der Waals surface area (Å²) in [5, 5.41) is 6.16. The van der Waals surface area contributed by atoms with E-state index < -0.39 is 17.2 Å². The van der Waals surface area contributed by atoms with E-state index in [1.807, 2.05) is 55.5 Å². The van der Waals surface area contributed by atoms with Gasteiger partial charge in [-0.3, -0.25) is 4.79 Å². The highest BCUT2D eigenvalue weighted by atomic mass is 19.4. The van der Waals surface area contributed by atoms with Gasteiger partial charge in [0.25, 0.3) is 5.91 Å². The van der Waals surface area contributed by atoms with Crippen molar-refractivity contribution >= 4 is 23.0 Å². The lowest BCUT2D eigenvalue weighted by Gasteiger charge is -2.52. The van der Waals surface area contributed by atoms with Crippen molar-refractivity contribution in [1.29, 1.82) is 0 Å². The summed E-state index contributed by atoms with van der Waals surface area (Å²) in [6, 6.07) is 23.4. The minimum absolute atomic E-state index is 0.158. The van der Waals surface area contributed by atoms with E-state index in [4.69, 9.17) is 5.10 Å². The van der Waals surface area contributed by atoms with Crippen LogP contribution in [0, 0.1) is 11.3 Å². The zero-order chi connectivity index (χ0) is 25.8. The first-order chi connectivity index (χ1) is 17.8. The Morgan fingerprint density at radius 2 is 1.70 bits per heavy atom. The van der Waals surface area contributed by atoms with Crippen molar-refractivity contribution in [3.63, 3.8) is 0 Å². The Labute approximate surface area is 214 Å². The van der Waals surface area contributed by atoms with Gasteiger partial charge in [0.15, 0.2) is 0 Å². The van der Waals surface area contributed by atoms with Gasteiger partial charge >= 0.3 is 6.18 Å². The molecular weight excluding hydrogens is 475 g/mol. The van der Waals surface area contributed by atoms with Crippen molar-refractivity contribution in [2.45, 2.75) is 44.8 Å². The molecule has 3 aromatic rings. The normalized spacial score (nSPS) is 25.2. The molecule has 7 heteroatoms. The number of para-hydroxylation sites is 1. The fraction of sp³-hybridized carbons (Fsp3) is 0.333. The van der Waals surface area contributed by atoms with Crippen molar-refractivity contribution in [3.05, 3.63) is 95.6 Å². The fourth-order valence-electron chi connectivity index (χ4n) is 6.49. The molecule has 0 N–H and O–H groups in total. The first-order valence-electron chi connectivity index (χ1n) is 12.7. The molecule has 0 saturated carbocycles.